The summed E-state index contributed by atoms with van der Waals surface area (Å²) < 4.78 is 6.03. The van der Waals surface area contributed by atoms with Gasteiger partial charge < -0.3 is 9.84 Å². The van der Waals surface area contributed by atoms with Crippen LogP contribution in [-0.2, 0) is 12.8 Å². The molecule has 0 saturated heterocycles. The van der Waals surface area contributed by atoms with Crippen LogP contribution in [0.1, 0.15) is 42.4 Å². The molecule has 2 aromatic carbocycles. The first-order chi connectivity index (χ1) is 12.1. The van der Waals surface area contributed by atoms with Crippen LogP contribution < -0.4 is 4.74 Å². The molecule has 0 bridgehead atoms. The van der Waals surface area contributed by atoms with E-state index >= 15 is 0 Å². The number of aryl methyl sites for hydroxylation is 2. The molecule has 25 heavy (non-hydrogen) atoms. The van der Waals surface area contributed by atoms with Crippen molar-refractivity contribution in [2.24, 2.45) is 5.92 Å². The molecule has 0 amide bonds. The molecule has 0 spiro atoms. The Kier molecular flexibility index (Phi) is 4.12. The van der Waals surface area contributed by atoms with E-state index in [-0.39, 0.29) is 11.8 Å². The third-order valence-electron chi connectivity index (χ3n) is 5.46. The van der Waals surface area contributed by atoms with E-state index in [0.717, 1.165) is 48.3 Å². The van der Waals surface area contributed by atoms with Gasteiger partial charge in [-0.15, -0.1) is 0 Å². The van der Waals surface area contributed by atoms with Gasteiger partial charge in [-0.1, -0.05) is 48.6 Å². The van der Waals surface area contributed by atoms with Crippen LogP contribution in [0.3, 0.4) is 0 Å². The van der Waals surface area contributed by atoms with Crippen molar-refractivity contribution in [1.29, 1.82) is 0 Å². The van der Waals surface area contributed by atoms with Crippen LogP contribution in [0.15, 0.2) is 66.5 Å². The molecule has 1 N–H and O–H groups in total. The number of ether oxygens (including phenoxy) is 1. The second-order valence-corrected chi connectivity index (χ2v) is 7.26. The van der Waals surface area contributed by atoms with Crippen LogP contribution in [0.25, 0.3) is 0 Å². The maximum absolute atomic E-state index is 10.7. The zero-order valence-corrected chi connectivity index (χ0v) is 14.7. The van der Waals surface area contributed by atoms with Crippen molar-refractivity contribution >= 4 is 0 Å². The molecule has 2 aromatic rings. The highest BCUT2D eigenvalue weighted by atomic mass is 16.5. The van der Waals surface area contributed by atoms with Crippen LogP contribution in [0, 0.1) is 5.92 Å². The molecule has 0 aromatic heterocycles. The van der Waals surface area contributed by atoms with E-state index in [1.54, 1.807) is 0 Å². The average Bonchev–Trinajstić information content (AvgIpc) is 2.60. The van der Waals surface area contributed by atoms with Crippen molar-refractivity contribution < 1.29 is 9.84 Å². The van der Waals surface area contributed by atoms with E-state index in [1.165, 1.54) is 11.1 Å². The van der Waals surface area contributed by atoms with Gasteiger partial charge in [0.05, 0.1) is 0 Å². The lowest BCUT2D eigenvalue weighted by Crippen LogP contribution is -2.25. The van der Waals surface area contributed by atoms with Gasteiger partial charge in [-0.2, -0.15) is 0 Å². The zero-order chi connectivity index (χ0) is 17.4. The minimum Gasteiger partial charge on any atom is -0.507 e. The summed E-state index contributed by atoms with van der Waals surface area (Å²) in [4.78, 5) is 0. The predicted molar refractivity (Wildman–Crippen MR) is 101 cm³/mol. The molecular formula is C23H24O2. The smallest absolute Gasteiger partial charge is 0.134 e. The second kappa shape index (κ2) is 6.44. The van der Waals surface area contributed by atoms with Crippen molar-refractivity contribution in [3.8, 4) is 11.5 Å². The Labute approximate surface area is 149 Å². The summed E-state index contributed by atoms with van der Waals surface area (Å²) in [5.41, 5.74) is 4.72. The highest BCUT2D eigenvalue weighted by Crippen LogP contribution is 2.51. The fourth-order valence-corrected chi connectivity index (χ4v) is 4.10. The topological polar surface area (TPSA) is 29.5 Å². The van der Waals surface area contributed by atoms with E-state index in [1.807, 2.05) is 12.1 Å². The Morgan fingerprint density at radius 1 is 1.12 bits per heavy atom. The van der Waals surface area contributed by atoms with Gasteiger partial charge >= 0.3 is 0 Å². The first-order valence-electron chi connectivity index (χ1n) is 9.05. The van der Waals surface area contributed by atoms with Gasteiger partial charge in [0, 0.05) is 17.4 Å². The summed E-state index contributed by atoms with van der Waals surface area (Å²) in [5, 5.41) is 10.7. The molecule has 0 unspecified atom stereocenters. The lowest BCUT2D eigenvalue weighted by atomic mass is 9.74. The van der Waals surface area contributed by atoms with Gasteiger partial charge in [0.15, 0.2) is 0 Å². The largest absolute Gasteiger partial charge is 0.507 e. The summed E-state index contributed by atoms with van der Waals surface area (Å²) in [7, 11) is 0. The quantitative estimate of drug-likeness (QED) is 0.750. The molecule has 1 aliphatic carbocycles. The number of hydrogen-bond acceptors (Lipinski definition) is 2. The van der Waals surface area contributed by atoms with E-state index in [9.17, 15) is 5.11 Å². The van der Waals surface area contributed by atoms with Gasteiger partial charge in [0.25, 0.3) is 0 Å². The lowest BCUT2D eigenvalue weighted by Gasteiger charge is -2.37. The van der Waals surface area contributed by atoms with E-state index in [4.69, 9.17) is 4.74 Å². The van der Waals surface area contributed by atoms with Crippen LogP contribution in [0.4, 0.5) is 0 Å². The number of phenols is 1. The normalized spacial score (nSPS) is 21.8. The summed E-state index contributed by atoms with van der Waals surface area (Å²) in [6.07, 6.45) is 6.23. The second-order valence-electron chi connectivity index (χ2n) is 7.26. The van der Waals surface area contributed by atoms with Gasteiger partial charge in [-0.25, -0.2) is 0 Å². The summed E-state index contributed by atoms with van der Waals surface area (Å²) >= 11 is 0. The first kappa shape index (κ1) is 16.0. The molecule has 2 atom stereocenters. The molecule has 1 aliphatic heterocycles. The minimum absolute atomic E-state index is 0.188. The molecule has 0 saturated carbocycles. The van der Waals surface area contributed by atoms with Gasteiger partial charge in [-0.3, -0.25) is 0 Å². The number of fused-ring (bicyclic) bond motifs is 3. The first-order valence-corrected chi connectivity index (χ1v) is 9.05. The number of rotatable bonds is 3. The Hall–Kier alpha value is -2.48. The van der Waals surface area contributed by atoms with Crippen LogP contribution in [0.5, 0.6) is 11.5 Å². The maximum Gasteiger partial charge on any atom is 0.134 e. The number of hydrogen-bond donors (Lipinski definition) is 1. The maximum atomic E-state index is 10.7. The number of phenolic OH excluding ortho intramolecular Hbond substituents is 1. The molecule has 0 fully saturated rings. The van der Waals surface area contributed by atoms with E-state index < -0.39 is 0 Å². The van der Waals surface area contributed by atoms with Gasteiger partial charge in [0.2, 0.25) is 0 Å². The molecule has 1 heterocycles. The summed E-state index contributed by atoms with van der Waals surface area (Å²) in [6.45, 7) is 6.31. The Balaban J connectivity index is 1.64. The lowest BCUT2D eigenvalue weighted by molar-refractivity contribution is 0.275. The molecule has 128 valence electrons. The highest BCUT2D eigenvalue weighted by Gasteiger charge is 2.36. The Morgan fingerprint density at radius 3 is 2.68 bits per heavy atom. The van der Waals surface area contributed by atoms with Crippen molar-refractivity contribution in [3.63, 3.8) is 0 Å². The van der Waals surface area contributed by atoms with Crippen LogP contribution in [-0.4, -0.2) is 5.11 Å². The molecule has 2 aliphatic rings. The SMILES string of the molecule is C=C1Oc2cc(CCc3ccccc3)cc(O)c2[C@@H]2C=C(C)CC[C@H]12. The van der Waals surface area contributed by atoms with Crippen LogP contribution >= 0.6 is 0 Å². The van der Waals surface area contributed by atoms with Gasteiger partial charge in [-0.05, 0) is 55.9 Å². The molecular weight excluding hydrogens is 308 g/mol. The van der Waals surface area contributed by atoms with E-state index in [0.29, 0.717) is 5.75 Å². The zero-order valence-electron chi connectivity index (χ0n) is 14.7. The van der Waals surface area contributed by atoms with Crippen molar-refractivity contribution in [2.75, 3.05) is 0 Å². The van der Waals surface area contributed by atoms with E-state index in [2.05, 4.69) is 49.9 Å². The summed E-state index contributed by atoms with van der Waals surface area (Å²) in [6, 6.07) is 14.4. The summed E-state index contributed by atoms with van der Waals surface area (Å²) in [5.74, 6) is 2.43. The number of allylic oxidation sites excluding steroid dienone is 3. The highest BCUT2D eigenvalue weighted by molar-refractivity contribution is 5.55. The molecule has 2 nitrogen and oxygen atoms in total. The number of benzene rings is 2. The molecule has 2 heteroatoms. The van der Waals surface area contributed by atoms with Crippen molar-refractivity contribution in [1.82, 2.24) is 0 Å². The van der Waals surface area contributed by atoms with Crippen LogP contribution in [0.2, 0.25) is 0 Å². The molecule has 0 radical (unpaired) electrons. The number of aromatic hydroxyl groups is 1. The Bertz CT molecular complexity index is 833. The third-order valence-corrected chi connectivity index (χ3v) is 5.46. The average molecular weight is 332 g/mol. The fraction of sp³-hybridized carbons (Fsp3) is 0.304. The minimum atomic E-state index is 0.188. The fourth-order valence-electron chi connectivity index (χ4n) is 4.10. The van der Waals surface area contributed by atoms with Crippen molar-refractivity contribution in [3.05, 3.63) is 83.1 Å². The predicted octanol–water partition coefficient (Wildman–Crippen LogP) is 5.52. The Morgan fingerprint density at radius 2 is 1.88 bits per heavy atom. The van der Waals surface area contributed by atoms with Gasteiger partial charge in [0.1, 0.15) is 17.3 Å². The van der Waals surface area contributed by atoms with Crippen molar-refractivity contribution in [2.45, 2.75) is 38.5 Å². The standard InChI is InChI=1S/C23H24O2/c1-15-8-11-19-16(2)25-22-14-18(10-9-17-6-4-3-5-7-17)13-21(24)23(22)20(19)12-15/h3-7,12-14,19-20,24H,2,8-11H2,1H3/t19-,20-/m1/s1. The third kappa shape index (κ3) is 3.09. The monoisotopic (exact) mass is 332 g/mol. The molecule has 4 rings (SSSR count).